The lowest BCUT2D eigenvalue weighted by Gasteiger charge is -2.23. The number of fused-ring (bicyclic) bond motifs is 1. The predicted octanol–water partition coefficient (Wildman–Crippen LogP) is 5.94. The first-order valence-electron chi connectivity index (χ1n) is 22.1. The number of anilines is 1. The number of pyridine rings is 1. The van der Waals surface area contributed by atoms with E-state index in [9.17, 15) is 38.2 Å². The molecule has 0 saturated heterocycles. The molecule has 0 radical (unpaired) electrons. The zero-order valence-corrected chi connectivity index (χ0v) is 40.9. The number of rotatable bonds is 25. The molecule has 2 heterocycles. The molecule has 4 atom stereocenters. The highest BCUT2D eigenvalue weighted by Gasteiger charge is 2.32. The molecule has 20 nitrogen and oxygen atoms in total. The number of aromatic nitrogens is 4. The maximum Gasteiger partial charge on any atom is 0.406 e. The molecule has 0 aliphatic heterocycles. The van der Waals surface area contributed by atoms with Crippen molar-refractivity contribution in [1.82, 2.24) is 34.6 Å². The van der Waals surface area contributed by atoms with Crippen molar-refractivity contribution in [3.63, 3.8) is 0 Å². The maximum atomic E-state index is 16.2. The van der Waals surface area contributed by atoms with Crippen molar-refractivity contribution < 1.29 is 51.7 Å². The van der Waals surface area contributed by atoms with Gasteiger partial charge in [0.1, 0.15) is 24.2 Å². The van der Waals surface area contributed by atoms with Crippen LogP contribution in [0.15, 0.2) is 76.4 Å². The number of aryl methyl sites for hydroxylation is 1. The molecule has 0 aliphatic carbocycles. The number of aliphatic hydroxyl groups excluding tert-OH is 1. The summed E-state index contributed by atoms with van der Waals surface area (Å²) in [5.41, 5.74) is 3.43. The van der Waals surface area contributed by atoms with Gasteiger partial charge in [0, 0.05) is 36.2 Å². The number of aliphatic hydroxyl groups is 1. The number of terminal acetylenes is 1. The van der Waals surface area contributed by atoms with Crippen LogP contribution in [0.25, 0.3) is 22.1 Å². The summed E-state index contributed by atoms with van der Waals surface area (Å²) in [5.74, 6) is -3.62. The molecule has 3 aromatic carbocycles. The van der Waals surface area contributed by atoms with Crippen LogP contribution in [0.1, 0.15) is 87.1 Å². The van der Waals surface area contributed by atoms with Gasteiger partial charge in [-0.3, -0.25) is 41.9 Å². The molecule has 69 heavy (non-hydrogen) atoms. The fraction of sp³-hybridized carbons (Fsp3) is 0.391. The molecular formula is C46H57FN8O12P2. The fourth-order valence-electron chi connectivity index (χ4n) is 7.01. The van der Waals surface area contributed by atoms with Crippen LogP contribution in [0.2, 0.25) is 0 Å². The van der Waals surface area contributed by atoms with Crippen molar-refractivity contribution in [1.29, 1.82) is 0 Å². The molecule has 6 N–H and O–H groups in total. The van der Waals surface area contributed by atoms with E-state index in [4.69, 9.17) is 25.1 Å². The first kappa shape index (κ1) is 53.7. The average Bonchev–Trinajstić information content (AvgIpc) is 3.64. The Hall–Kier alpha value is -6.23. The van der Waals surface area contributed by atoms with Gasteiger partial charge in [0.2, 0.25) is 5.91 Å². The van der Waals surface area contributed by atoms with Crippen LogP contribution >= 0.6 is 15.3 Å². The second-order valence-corrected chi connectivity index (χ2v) is 19.8. The van der Waals surface area contributed by atoms with Crippen molar-refractivity contribution in [3.05, 3.63) is 116 Å². The number of nitrogens with one attached hydrogen (secondary N) is 4. The van der Waals surface area contributed by atoms with E-state index >= 15 is 4.39 Å². The highest BCUT2D eigenvalue weighted by atomic mass is 31.2. The van der Waals surface area contributed by atoms with Gasteiger partial charge in [-0.05, 0) is 112 Å². The quantitative estimate of drug-likeness (QED) is 0.0224. The molecule has 0 fully saturated rings. The Morgan fingerprint density at radius 1 is 0.913 bits per heavy atom. The molecule has 0 saturated carbocycles. The molecule has 2 amide bonds. The molecule has 2 aromatic heterocycles. The number of unbranched alkanes of at least 4 members (excludes halogenated alkanes) is 2. The highest BCUT2D eigenvalue weighted by Crippen LogP contribution is 2.46. The van der Waals surface area contributed by atoms with E-state index in [1.165, 1.54) is 53.3 Å². The number of hydrogen-bond acceptors (Lipinski definition) is 12. The third-order valence-corrected chi connectivity index (χ3v) is 13.9. The third kappa shape index (κ3) is 13.5. The summed E-state index contributed by atoms with van der Waals surface area (Å²) in [5, 5.41) is 33.3. The Bertz CT molecular complexity index is 2930. The normalized spacial score (nSPS) is 14.1. The van der Waals surface area contributed by atoms with E-state index < -0.39 is 62.9 Å². The molecule has 0 bridgehead atoms. The van der Waals surface area contributed by atoms with Gasteiger partial charge in [0.25, 0.3) is 11.5 Å². The van der Waals surface area contributed by atoms with Gasteiger partial charge in [0.05, 0.1) is 36.9 Å². The van der Waals surface area contributed by atoms with Crippen LogP contribution in [0.5, 0.6) is 0 Å². The predicted molar refractivity (Wildman–Crippen MR) is 257 cm³/mol. The minimum absolute atomic E-state index is 0.0336. The van der Waals surface area contributed by atoms with Crippen molar-refractivity contribution in [2.45, 2.75) is 92.0 Å². The van der Waals surface area contributed by atoms with Gasteiger partial charge >= 0.3 is 26.9 Å². The third-order valence-electron chi connectivity index (χ3n) is 10.8. The van der Waals surface area contributed by atoms with Gasteiger partial charge < -0.3 is 30.5 Å². The fourth-order valence-corrected chi connectivity index (χ4v) is 9.51. The zero-order valence-electron chi connectivity index (χ0n) is 39.1. The maximum absolute atomic E-state index is 16.2. The number of carboxylic acid groups (broad SMARTS) is 1. The summed E-state index contributed by atoms with van der Waals surface area (Å²) in [6.45, 7) is 8.82. The molecule has 5 rings (SSSR count). The topological polar surface area (TPSA) is 263 Å². The molecule has 23 heteroatoms. The number of hydrogen-bond donors (Lipinski definition) is 6. The second kappa shape index (κ2) is 23.9. The molecule has 5 aromatic rings. The number of carbonyl (C=O) groups excluding carboxylic acids is 2. The van der Waals surface area contributed by atoms with Crippen LogP contribution in [0.4, 0.5) is 10.1 Å². The summed E-state index contributed by atoms with van der Waals surface area (Å²) < 4.78 is 63.1. The lowest BCUT2D eigenvalue weighted by molar-refractivity contribution is -0.141. The van der Waals surface area contributed by atoms with E-state index in [0.29, 0.717) is 47.2 Å². The summed E-state index contributed by atoms with van der Waals surface area (Å²) in [6, 6.07) is 13.2. The van der Waals surface area contributed by atoms with Gasteiger partial charge in [-0.25, -0.2) is 18.8 Å². The number of para-hydroxylation sites is 1. The Morgan fingerprint density at radius 2 is 1.62 bits per heavy atom. The van der Waals surface area contributed by atoms with E-state index in [1.807, 2.05) is 38.6 Å². The summed E-state index contributed by atoms with van der Waals surface area (Å²) in [6.07, 6.45) is 8.28. The SMILES string of the molecule is C#CP(=O)(Nc1ccc(C(=O)NCCCCCOP(=O)(NC(C)C(=O)NC(C)C(=O)O)OCc2nn(-c3cc4c(C(C)C)cn(-c5ccccc5C)c(=O)c4cc3F)c(=O)n2CC)cc1)OCCO. The Labute approximate surface area is 397 Å². The standard InChI is InChI=1S/C46H57FN8O12P2/c1-8-53-41(50-55(46(53)62)40-26-35-36(25-38(40)47)44(59)54(27-37(35)29(3)4)39-16-12-11-15-30(39)5)28-67-69(64,51-31(6)42(57)49-32(7)45(60)61)66-23-14-10-13-21-48-43(58)33-17-19-34(20-18-33)52-68(63,9-2)65-24-22-56/h2,11-12,15-20,25-27,29,31-32,56H,8,10,13-14,21-24,28H2,1,3-7H3,(H,48,58)(H,49,57)(H,51,64)(H,52,63)(H,60,61). The summed E-state index contributed by atoms with van der Waals surface area (Å²) in [4.78, 5) is 64.8. The number of halogens is 1. The van der Waals surface area contributed by atoms with Crippen LogP contribution < -0.4 is 32.1 Å². The molecule has 370 valence electrons. The van der Waals surface area contributed by atoms with Crippen LogP contribution in [0, 0.1) is 24.8 Å². The second-order valence-electron chi connectivity index (χ2n) is 16.2. The number of aliphatic carboxylic acids is 1. The van der Waals surface area contributed by atoms with Crippen molar-refractivity contribution in [2.75, 3.05) is 31.5 Å². The Kier molecular flexibility index (Phi) is 18.6. The number of carbonyl (C=O) groups is 3. The minimum Gasteiger partial charge on any atom is -0.480 e. The number of nitrogens with zero attached hydrogens (tertiary/aromatic N) is 4. The van der Waals surface area contributed by atoms with E-state index in [1.54, 1.807) is 25.3 Å². The number of benzene rings is 3. The summed E-state index contributed by atoms with van der Waals surface area (Å²) in [7, 11) is -8.15. The largest absolute Gasteiger partial charge is 0.480 e. The zero-order chi connectivity index (χ0) is 50.6. The first-order chi connectivity index (χ1) is 32.7. The van der Waals surface area contributed by atoms with Crippen molar-refractivity contribution in [2.24, 2.45) is 0 Å². The molecule has 0 spiro atoms. The number of carboxylic acids is 1. The number of amides is 2. The first-order valence-corrected chi connectivity index (χ1v) is 25.3. The average molecular weight is 995 g/mol. The van der Waals surface area contributed by atoms with E-state index in [2.05, 4.69) is 25.9 Å². The lowest BCUT2D eigenvalue weighted by atomic mass is 9.97. The molecule has 0 aliphatic rings. The van der Waals surface area contributed by atoms with Gasteiger partial charge in [-0.1, -0.05) is 32.0 Å². The van der Waals surface area contributed by atoms with Crippen LogP contribution in [-0.2, 0) is 45.4 Å². The van der Waals surface area contributed by atoms with E-state index in [-0.39, 0.29) is 61.6 Å². The monoisotopic (exact) mass is 994 g/mol. The van der Waals surface area contributed by atoms with Gasteiger partial charge in [-0.15, -0.1) is 11.5 Å². The van der Waals surface area contributed by atoms with Crippen molar-refractivity contribution >= 4 is 49.5 Å². The molecular weight excluding hydrogens is 937 g/mol. The minimum atomic E-state index is -4.46. The van der Waals surface area contributed by atoms with Crippen LogP contribution in [0.3, 0.4) is 0 Å². The van der Waals surface area contributed by atoms with Gasteiger partial charge in [-0.2, -0.15) is 4.68 Å². The Balaban J connectivity index is 1.29. The Morgan fingerprint density at radius 3 is 2.26 bits per heavy atom. The van der Waals surface area contributed by atoms with E-state index in [0.717, 1.165) is 16.3 Å². The molecule has 4 unspecified atom stereocenters. The smallest absolute Gasteiger partial charge is 0.406 e. The lowest BCUT2D eigenvalue weighted by Crippen LogP contribution is -2.47. The highest BCUT2D eigenvalue weighted by molar-refractivity contribution is 7.65. The van der Waals surface area contributed by atoms with Crippen molar-refractivity contribution in [3.8, 4) is 23.5 Å². The summed E-state index contributed by atoms with van der Waals surface area (Å²) >= 11 is 0. The van der Waals surface area contributed by atoms with Gasteiger partial charge in [0.15, 0.2) is 5.82 Å². The van der Waals surface area contributed by atoms with Crippen LogP contribution in [-0.4, -0.2) is 85.4 Å².